The molecule has 0 bridgehead atoms. The molecule has 0 aliphatic carbocycles. The molecule has 0 aromatic heterocycles. The summed E-state index contributed by atoms with van der Waals surface area (Å²) in [6.45, 7) is 5.80. The number of barbiturate groups is 1. The van der Waals surface area contributed by atoms with E-state index in [2.05, 4.69) is 16.6 Å². The van der Waals surface area contributed by atoms with Gasteiger partial charge in [0.1, 0.15) is 18.0 Å². The van der Waals surface area contributed by atoms with Gasteiger partial charge >= 0.3 is 12.0 Å². The number of benzene rings is 3. The first-order valence-electron chi connectivity index (χ1n) is 12.6. The third-order valence-corrected chi connectivity index (χ3v) is 6.11. The zero-order chi connectivity index (χ0) is 29.5. The van der Waals surface area contributed by atoms with Crippen molar-refractivity contribution in [2.75, 3.05) is 18.6 Å². The zero-order valence-corrected chi connectivity index (χ0v) is 22.4. The summed E-state index contributed by atoms with van der Waals surface area (Å²) in [5, 5.41) is 2.17. The predicted molar refractivity (Wildman–Crippen MR) is 149 cm³/mol. The van der Waals surface area contributed by atoms with E-state index in [0.29, 0.717) is 34.6 Å². The second-order valence-corrected chi connectivity index (χ2v) is 8.81. The molecule has 3 aromatic rings. The summed E-state index contributed by atoms with van der Waals surface area (Å²) >= 11 is 0. The first-order valence-corrected chi connectivity index (χ1v) is 12.6. The molecule has 3 aromatic carbocycles. The number of carbonyl (C=O) groups excluding carboxylic acids is 4. The fourth-order valence-corrected chi connectivity index (χ4v) is 4.19. The highest BCUT2D eigenvalue weighted by Gasteiger charge is 2.37. The van der Waals surface area contributed by atoms with Crippen LogP contribution in [-0.4, -0.2) is 37.5 Å². The molecule has 4 rings (SSSR count). The van der Waals surface area contributed by atoms with Crippen molar-refractivity contribution >= 4 is 35.6 Å². The molecular formula is C31H27FN2O7. The Morgan fingerprint density at radius 1 is 1.02 bits per heavy atom. The van der Waals surface area contributed by atoms with Gasteiger partial charge in [0.2, 0.25) is 0 Å². The minimum Gasteiger partial charge on any atom is -0.490 e. The molecule has 1 aliphatic heterocycles. The monoisotopic (exact) mass is 558 g/mol. The van der Waals surface area contributed by atoms with Crippen molar-refractivity contribution in [3.05, 3.63) is 107 Å². The predicted octanol–water partition coefficient (Wildman–Crippen LogP) is 4.98. The standard InChI is InChI=1S/C31H27FN2O7/c1-4-8-21-15-19(17-26(40-5-2)27(21)41-18-22-9-6-7-10-25(22)32)16-24-28(35)33-31(38)34(29(24)36)23-13-11-20(12-14-23)30(37)39-3/h4,6-7,9-17H,1,5,8,18H2,2-3H3,(H,33,35,38)/b24-16+. The first-order chi connectivity index (χ1) is 19.8. The quantitative estimate of drug-likeness (QED) is 0.162. The molecule has 1 heterocycles. The largest absolute Gasteiger partial charge is 0.490 e. The molecule has 1 fully saturated rings. The highest BCUT2D eigenvalue weighted by atomic mass is 19.1. The molecule has 4 amide bonds. The van der Waals surface area contributed by atoms with E-state index < -0.39 is 29.6 Å². The number of anilines is 1. The Morgan fingerprint density at radius 2 is 1.76 bits per heavy atom. The minimum atomic E-state index is -0.929. The average molecular weight is 559 g/mol. The van der Waals surface area contributed by atoms with Crippen LogP contribution in [0, 0.1) is 5.82 Å². The lowest BCUT2D eigenvalue weighted by atomic mass is 10.0. The summed E-state index contributed by atoms with van der Waals surface area (Å²) in [6, 6.07) is 14.2. The van der Waals surface area contributed by atoms with Crippen LogP contribution in [0.25, 0.3) is 6.08 Å². The van der Waals surface area contributed by atoms with E-state index in [1.807, 2.05) is 0 Å². The molecule has 0 saturated carbocycles. The number of nitrogens with one attached hydrogen (secondary N) is 1. The van der Waals surface area contributed by atoms with Gasteiger partial charge in [-0.05, 0) is 67.4 Å². The maximum absolute atomic E-state index is 14.2. The van der Waals surface area contributed by atoms with Crippen LogP contribution in [0.2, 0.25) is 0 Å². The molecule has 1 aliphatic rings. The number of halogens is 1. The maximum Gasteiger partial charge on any atom is 0.337 e. The lowest BCUT2D eigenvalue weighted by molar-refractivity contribution is -0.122. The molecule has 9 nitrogen and oxygen atoms in total. The second kappa shape index (κ2) is 12.7. The Bertz CT molecular complexity index is 1550. The Hall–Kier alpha value is -5.25. The van der Waals surface area contributed by atoms with Gasteiger partial charge in [0.05, 0.1) is 25.0 Å². The van der Waals surface area contributed by atoms with Crippen LogP contribution in [0.5, 0.6) is 11.5 Å². The van der Waals surface area contributed by atoms with Crippen LogP contribution >= 0.6 is 0 Å². The van der Waals surface area contributed by atoms with Gasteiger partial charge in [-0.3, -0.25) is 14.9 Å². The van der Waals surface area contributed by atoms with Gasteiger partial charge in [-0.1, -0.05) is 24.3 Å². The molecule has 1 N–H and O–H groups in total. The molecule has 0 radical (unpaired) electrons. The Labute approximate surface area is 235 Å². The lowest BCUT2D eigenvalue weighted by Gasteiger charge is -2.26. The van der Waals surface area contributed by atoms with Crippen molar-refractivity contribution in [2.45, 2.75) is 20.0 Å². The maximum atomic E-state index is 14.2. The third kappa shape index (κ3) is 6.33. The SMILES string of the molecule is C=CCc1cc(/C=C2\C(=O)NC(=O)N(c3ccc(C(=O)OC)cc3)C2=O)cc(OCC)c1OCc1ccccc1F. The average Bonchev–Trinajstić information content (AvgIpc) is 2.96. The van der Waals surface area contributed by atoms with Gasteiger partial charge in [-0.15, -0.1) is 6.58 Å². The Morgan fingerprint density at radius 3 is 2.41 bits per heavy atom. The van der Waals surface area contributed by atoms with Gasteiger partial charge < -0.3 is 14.2 Å². The number of ether oxygens (including phenoxy) is 3. The topological polar surface area (TPSA) is 111 Å². The number of carbonyl (C=O) groups is 4. The number of allylic oxidation sites excluding steroid dienone is 1. The number of hydrogen-bond donors (Lipinski definition) is 1. The number of amides is 4. The van der Waals surface area contributed by atoms with Crippen LogP contribution in [0.3, 0.4) is 0 Å². The van der Waals surface area contributed by atoms with Gasteiger partial charge in [0.25, 0.3) is 11.8 Å². The molecular weight excluding hydrogens is 531 g/mol. The first kappa shape index (κ1) is 28.8. The summed E-state index contributed by atoms with van der Waals surface area (Å²) in [4.78, 5) is 51.3. The summed E-state index contributed by atoms with van der Waals surface area (Å²) in [6.07, 6.45) is 3.34. The highest BCUT2D eigenvalue weighted by Crippen LogP contribution is 2.36. The van der Waals surface area contributed by atoms with Crippen molar-refractivity contribution in [1.29, 1.82) is 0 Å². The van der Waals surface area contributed by atoms with Gasteiger partial charge in [0.15, 0.2) is 11.5 Å². The van der Waals surface area contributed by atoms with Crippen molar-refractivity contribution in [3.63, 3.8) is 0 Å². The molecule has 10 heteroatoms. The fraction of sp³-hybridized carbons (Fsp3) is 0.161. The van der Waals surface area contributed by atoms with Crippen molar-refractivity contribution in [3.8, 4) is 11.5 Å². The Balaban J connectivity index is 1.70. The number of imide groups is 2. The number of esters is 1. The molecule has 0 atom stereocenters. The van der Waals surface area contributed by atoms with Crippen molar-refractivity contribution in [2.24, 2.45) is 0 Å². The number of hydrogen-bond acceptors (Lipinski definition) is 7. The Kier molecular flexibility index (Phi) is 8.93. The van der Waals surface area contributed by atoms with Crippen LogP contribution in [0.15, 0.2) is 78.9 Å². The summed E-state index contributed by atoms with van der Waals surface area (Å²) in [7, 11) is 1.24. The molecule has 210 valence electrons. The van der Waals surface area contributed by atoms with E-state index in [-0.39, 0.29) is 30.0 Å². The van der Waals surface area contributed by atoms with E-state index in [0.717, 1.165) is 4.90 Å². The van der Waals surface area contributed by atoms with Crippen molar-refractivity contribution in [1.82, 2.24) is 5.32 Å². The van der Waals surface area contributed by atoms with E-state index in [9.17, 15) is 23.6 Å². The molecule has 0 spiro atoms. The van der Waals surface area contributed by atoms with E-state index in [1.165, 1.54) is 43.5 Å². The zero-order valence-electron chi connectivity index (χ0n) is 22.4. The fourth-order valence-electron chi connectivity index (χ4n) is 4.19. The second-order valence-electron chi connectivity index (χ2n) is 8.81. The smallest absolute Gasteiger partial charge is 0.337 e. The van der Waals surface area contributed by atoms with Gasteiger partial charge in [0, 0.05) is 11.1 Å². The number of nitrogens with zero attached hydrogens (tertiary/aromatic N) is 1. The van der Waals surface area contributed by atoms with Crippen LogP contribution < -0.4 is 19.7 Å². The summed E-state index contributed by atoms with van der Waals surface area (Å²) < 4.78 is 30.6. The normalized spacial score (nSPS) is 14.1. The molecule has 41 heavy (non-hydrogen) atoms. The van der Waals surface area contributed by atoms with E-state index in [4.69, 9.17) is 9.47 Å². The van der Waals surface area contributed by atoms with E-state index in [1.54, 1.807) is 43.3 Å². The van der Waals surface area contributed by atoms with E-state index >= 15 is 0 Å². The van der Waals surface area contributed by atoms with Crippen LogP contribution in [-0.2, 0) is 27.4 Å². The summed E-state index contributed by atoms with van der Waals surface area (Å²) in [5.41, 5.74) is 1.50. The number of urea groups is 1. The van der Waals surface area contributed by atoms with Crippen LogP contribution in [0.4, 0.5) is 14.9 Å². The highest BCUT2D eigenvalue weighted by molar-refractivity contribution is 6.39. The van der Waals surface area contributed by atoms with Crippen LogP contribution in [0.1, 0.15) is 34.0 Å². The molecule has 1 saturated heterocycles. The number of rotatable bonds is 10. The van der Waals surface area contributed by atoms with Crippen molar-refractivity contribution < 1.29 is 37.8 Å². The number of methoxy groups -OCH3 is 1. The summed E-state index contributed by atoms with van der Waals surface area (Å²) in [5.74, 6) is -2.01. The minimum absolute atomic E-state index is 0.0515. The third-order valence-electron chi connectivity index (χ3n) is 6.11. The molecule has 0 unspecified atom stereocenters. The van der Waals surface area contributed by atoms with Gasteiger partial charge in [-0.25, -0.2) is 18.9 Å². The van der Waals surface area contributed by atoms with Gasteiger partial charge in [-0.2, -0.15) is 0 Å². The lowest BCUT2D eigenvalue weighted by Crippen LogP contribution is -2.54.